The van der Waals surface area contributed by atoms with E-state index in [-0.39, 0.29) is 45.0 Å². The zero-order valence-corrected chi connectivity index (χ0v) is 29.0. The standard InChI is InChI=1S/C39H47N3O7S/c1-3-14-32(23-36(44)40-33(24-43)22-29-16-8-5-9-17-29)37(45)41-34(28-50-27-31-20-12-7-13-21-31)26-48-38(46)35(15-4-2)42-39(47)49-25-30-18-10-6-11-19-30/h3-13,16-21,32-35,43H,1-2,14-15,22-28H2,(H,40,44)(H,41,45)(H,42,47)/t32-,33+,34-,35-/m1/s1. The van der Waals surface area contributed by atoms with Gasteiger partial charge in [-0.05, 0) is 36.0 Å². The predicted molar refractivity (Wildman–Crippen MR) is 196 cm³/mol. The molecule has 50 heavy (non-hydrogen) atoms. The van der Waals surface area contributed by atoms with Crippen molar-refractivity contribution in [3.05, 3.63) is 133 Å². The lowest BCUT2D eigenvalue weighted by Crippen LogP contribution is -2.47. The molecule has 4 atom stereocenters. The molecule has 11 heteroatoms. The highest BCUT2D eigenvalue weighted by Crippen LogP contribution is 2.16. The van der Waals surface area contributed by atoms with Gasteiger partial charge in [0.25, 0.3) is 0 Å². The monoisotopic (exact) mass is 701 g/mol. The van der Waals surface area contributed by atoms with Crippen LogP contribution >= 0.6 is 11.8 Å². The number of hydrogen-bond donors (Lipinski definition) is 4. The molecule has 4 N–H and O–H groups in total. The van der Waals surface area contributed by atoms with Gasteiger partial charge < -0.3 is 30.5 Å². The smallest absolute Gasteiger partial charge is 0.408 e. The summed E-state index contributed by atoms with van der Waals surface area (Å²) in [5.41, 5.74) is 2.86. The number of aliphatic hydroxyl groups is 1. The first kappa shape index (κ1) is 39.6. The average molecular weight is 702 g/mol. The van der Waals surface area contributed by atoms with Gasteiger partial charge in [-0.3, -0.25) is 9.59 Å². The van der Waals surface area contributed by atoms with Crippen LogP contribution in [0.25, 0.3) is 0 Å². The van der Waals surface area contributed by atoms with E-state index in [4.69, 9.17) is 9.47 Å². The molecule has 10 nitrogen and oxygen atoms in total. The third-order valence-electron chi connectivity index (χ3n) is 7.56. The van der Waals surface area contributed by atoms with Gasteiger partial charge >= 0.3 is 12.1 Å². The van der Waals surface area contributed by atoms with Crippen LogP contribution in [0.1, 0.15) is 36.0 Å². The van der Waals surface area contributed by atoms with E-state index in [1.54, 1.807) is 17.8 Å². The van der Waals surface area contributed by atoms with Crippen molar-refractivity contribution in [2.75, 3.05) is 19.0 Å². The number of hydrogen-bond acceptors (Lipinski definition) is 8. The molecular weight excluding hydrogens is 655 g/mol. The second kappa shape index (κ2) is 22.7. The van der Waals surface area contributed by atoms with Crippen molar-refractivity contribution in [1.29, 1.82) is 0 Å². The van der Waals surface area contributed by atoms with Gasteiger partial charge in [-0.1, -0.05) is 103 Å². The van der Waals surface area contributed by atoms with Crippen molar-refractivity contribution in [3.63, 3.8) is 0 Å². The van der Waals surface area contributed by atoms with Crippen molar-refractivity contribution in [2.24, 2.45) is 5.92 Å². The summed E-state index contributed by atoms with van der Waals surface area (Å²) < 4.78 is 10.9. The molecule has 3 aromatic carbocycles. The van der Waals surface area contributed by atoms with Crippen molar-refractivity contribution < 1.29 is 33.8 Å². The Morgan fingerprint density at radius 3 is 1.94 bits per heavy atom. The molecule has 0 aromatic heterocycles. The average Bonchev–Trinajstić information content (AvgIpc) is 3.13. The summed E-state index contributed by atoms with van der Waals surface area (Å²) in [7, 11) is 0. The first-order valence-corrected chi connectivity index (χ1v) is 17.7. The minimum atomic E-state index is -1.04. The Labute approximate surface area is 298 Å². The number of carbonyl (C=O) groups is 4. The Bertz CT molecular complexity index is 1490. The van der Waals surface area contributed by atoms with Crippen LogP contribution in [-0.2, 0) is 42.6 Å². The molecule has 0 aliphatic rings. The third kappa shape index (κ3) is 15.1. The summed E-state index contributed by atoms with van der Waals surface area (Å²) in [6.45, 7) is 7.05. The van der Waals surface area contributed by atoms with Crippen molar-refractivity contribution in [2.45, 2.75) is 56.2 Å². The van der Waals surface area contributed by atoms with Crippen LogP contribution < -0.4 is 16.0 Å². The van der Waals surface area contributed by atoms with Gasteiger partial charge in [0.1, 0.15) is 19.3 Å². The fourth-order valence-corrected chi connectivity index (χ4v) is 5.98. The summed E-state index contributed by atoms with van der Waals surface area (Å²) in [5.74, 6) is -1.14. The predicted octanol–water partition coefficient (Wildman–Crippen LogP) is 5.12. The quantitative estimate of drug-likeness (QED) is 0.0836. The number of thioether (sulfide) groups is 1. The zero-order chi connectivity index (χ0) is 36.0. The van der Waals surface area contributed by atoms with Gasteiger partial charge in [-0.2, -0.15) is 11.8 Å². The van der Waals surface area contributed by atoms with E-state index in [9.17, 15) is 24.3 Å². The lowest BCUT2D eigenvalue weighted by molar-refractivity contribution is -0.147. The number of ether oxygens (including phenoxy) is 2. The summed E-state index contributed by atoms with van der Waals surface area (Å²) in [4.78, 5) is 52.2. The van der Waals surface area contributed by atoms with Crippen LogP contribution in [0.5, 0.6) is 0 Å². The molecule has 3 amide bonds. The van der Waals surface area contributed by atoms with Crippen LogP contribution in [0.3, 0.4) is 0 Å². The molecule has 0 radical (unpaired) electrons. The number of alkyl carbamates (subject to hydrolysis) is 1. The van der Waals surface area contributed by atoms with Crippen LogP contribution in [0.2, 0.25) is 0 Å². The Hall–Kier alpha value is -4.87. The lowest BCUT2D eigenvalue weighted by Gasteiger charge is -2.24. The number of carbonyl (C=O) groups excluding carboxylic acids is 4. The van der Waals surface area contributed by atoms with E-state index in [1.807, 2.05) is 91.0 Å². The number of amides is 3. The van der Waals surface area contributed by atoms with E-state index >= 15 is 0 Å². The van der Waals surface area contributed by atoms with Gasteiger partial charge in [0.05, 0.1) is 24.6 Å². The molecule has 0 saturated heterocycles. The Morgan fingerprint density at radius 1 is 0.740 bits per heavy atom. The summed E-state index contributed by atoms with van der Waals surface area (Å²) in [6.07, 6.45) is 2.95. The number of nitrogens with one attached hydrogen (secondary N) is 3. The van der Waals surface area contributed by atoms with Crippen LogP contribution in [0.15, 0.2) is 116 Å². The van der Waals surface area contributed by atoms with E-state index in [0.717, 1.165) is 16.7 Å². The maximum Gasteiger partial charge on any atom is 0.408 e. The van der Waals surface area contributed by atoms with Gasteiger partial charge in [0, 0.05) is 17.9 Å². The molecule has 0 saturated carbocycles. The molecule has 0 aliphatic heterocycles. The minimum absolute atomic E-state index is 0.0346. The molecule has 3 rings (SSSR count). The molecule has 0 aliphatic carbocycles. The second-order valence-corrected chi connectivity index (χ2v) is 12.7. The molecule has 0 fully saturated rings. The topological polar surface area (TPSA) is 143 Å². The van der Waals surface area contributed by atoms with Crippen LogP contribution in [0.4, 0.5) is 4.79 Å². The molecule has 0 spiro atoms. The number of allylic oxidation sites excluding steroid dienone is 1. The summed E-state index contributed by atoms with van der Waals surface area (Å²) in [5, 5.41) is 18.2. The zero-order valence-electron chi connectivity index (χ0n) is 28.2. The van der Waals surface area contributed by atoms with E-state index in [1.165, 1.54) is 6.08 Å². The van der Waals surface area contributed by atoms with E-state index < -0.39 is 42.0 Å². The number of rotatable bonds is 22. The number of esters is 1. The number of aliphatic hydroxyl groups excluding tert-OH is 1. The van der Waals surface area contributed by atoms with Crippen LogP contribution in [-0.4, -0.2) is 66.1 Å². The minimum Gasteiger partial charge on any atom is -0.462 e. The van der Waals surface area contributed by atoms with Gasteiger partial charge in [-0.15, -0.1) is 13.2 Å². The first-order valence-electron chi connectivity index (χ1n) is 16.5. The summed E-state index contributed by atoms with van der Waals surface area (Å²) in [6, 6.07) is 26.3. The highest BCUT2D eigenvalue weighted by molar-refractivity contribution is 7.98. The lowest BCUT2D eigenvalue weighted by atomic mass is 9.98. The van der Waals surface area contributed by atoms with Gasteiger partial charge in [0.2, 0.25) is 11.8 Å². The Morgan fingerprint density at radius 2 is 1.34 bits per heavy atom. The fourth-order valence-electron chi connectivity index (χ4n) is 4.97. The second-order valence-electron chi connectivity index (χ2n) is 11.7. The highest BCUT2D eigenvalue weighted by Gasteiger charge is 2.27. The maximum atomic E-state index is 13.5. The third-order valence-corrected chi connectivity index (χ3v) is 8.74. The fraction of sp³-hybridized carbons (Fsp3) is 0.333. The maximum absolute atomic E-state index is 13.5. The molecule has 0 heterocycles. The van der Waals surface area contributed by atoms with E-state index in [2.05, 4.69) is 29.1 Å². The van der Waals surface area contributed by atoms with Crippen LogP contribution in [0, 0.1) is 5.92 Å². The Balaban J connectivity index is 1.61. The molecule has 3 aromatic rings. The van der Waals surface area contributed by atoms with Gasteiger partial charge in [0.15, 0.2) is 0 Å². The first-order chi connectivity index (χ1) is 24.3. The molecule has 0 unspecified atom stereocenters. The van der Waals surface area contributed by atoms with Crippen molar-refractivity contribution in [1.82, 2.24) is 16.0 Å². The normalized spacial score (nSPS) is 13.1. The summed E-state index contributed by atoms with van der Waals surface area (Å²) >= 11 is 1.55. The Kier molecular flexibility index (Phi) is 18.0. The molecular formula is C39H47N3O7S. The van der Waals surface area contributed by atoms with Crippen molar-refractivity contribution in [3.8, 4) is 0 Å². The van der Waals surface area contributed by atoms with E-state index in [0.29, 0.717) is 17.9 Å². The van der Waals surface area contributed by atoms with Crippen molar-refractivity contribution >= 4 is 35.6 Å². The SMILES string of the molecule is C=CC[C@H](CC(=O)N[C@H](CO)Cc1ccccc1)C(=O)N[C@H](COC(=O)[C@@H](CC=C)NC(=O)OCc1ccccc1)CSCc1ccccc1. The largest absolute Gasteiger partial charge is 0.462 e. The number of benzene rings is 3. The molecule has 0 bridgehead atoms. The van der Waals surface area contributed by atoms with Gasteiger partial charge in [-0.25, -0.2) is 9.59 Å². The highest BCUT2D eigenvalue weighted by atomic mass is 32.2. The molecule has 266 valence electrons.